The summed E-state index contributed by atoms with van der Waals surface area (Å²) in [6.45, 7) is 0. The summed E-state index contributed by atoms with van der Waals surface area (Å²) in [4.78, 5) is 0. The van der Waals surface area contributed by atoms with Crippen molar-refractivity contribution in [1.82, 2.24) is 5.32 Å². The normalized spacial score (nSPS) is 30.2. The molecule has 20 heavy (non-hydrogen) atoms. The molecule has 1 nitrogen and oxygen atoms in total. The molecule has 1 heterocycles. The maximum absolute atomic E-state index is 3.87. The lowest BCUT2D eigenvalue weighted by atomic mass is 9.87. The van der Waals surface area contributed by atoms with Crippen molar-refractivity contribution in [3.8, 4) is 0 Å². The highest BCUT2D eigenvalue weighted by Crippen LogP contribution is 2.32. The van der Waals surface area contributed by atoms with Crippen LogP contribution in [0.5, 0.6) is 0 Å². The summed E-state index contributed by atoms with van der Waals surface area (Å²) in [7, 11) is 0. The Hall–Kier alpha value is -0.720. The van der Waals surface area contributed by atoms with Crippen molar-refractivity contribution in [1.29, 1.82) is 0 Å². The fourth-order valence-electron chi connectivity index (χ4n) is 4.25. The lowest BCUT2D eigenvalue weighted by molar-refractivity contribution is 0.354. The second kappa shape index (κ2) is 7.33. The molecular weight excluding hydrogens is 242 g/mol. The first kappa shape index (κ1) is 14.2. The van der Waals surface area contributed by atoms with Crippen LogP contribution < -0.4 is 5.32 Å². The number of rotatable bonds is 2. The van der Waals surface area contributed by atoms with E-state index in [0.29, 0.717) is 6.04 Å². The van der Waals surface area contributed by atoms with Gasteiger partial charge in [-0.3, -0.25) is 0 Å². The summed E-state index contributed by atoms with van der Waals surface area (Å²) in [5.41, 5.74) is 1.53. The first-order valence-corrected chi connectivity index (χ1v) is 8.99. The minimum Gasteiger partial charge on any atom is -0.381 e. The predicted octanol–water partition coefficient (Wildman–Crippen LogP) is 5.14. The quantitative estimate of drug-likeness (QED) is 0.686. The zero-order valence-electron chi connectivity index (χ0n) is 12.9. The second-order valence-electron chi connectivity index (χ2n) is 7.02. The molecule has 0 saturated heterocycles. The zero-order chi connectivity index (χ0) is 13.6. The molecule has 0 spiro atoms. The molecule has 1 N–H and O–H groups in total. The van der Waals surface area contributed by atoms with Crippen LogP contribution in [-0.2, 0) is 0 Å². The molecule has 2 saturated carbocycles. The van der Waals surface area contributed by atoms with Crippen molar-refractivity contribution >= 4 is 0 Å². The Kier molecular flexibility index (Phi) is 5.22. The Morgan fingerprint density at radius 3 is 2.05 bits per heavy atom. The first-order chi connectivity index (χ1) is 9.93. The zero-order valence-corrected chi connectivity index (χ0v) is 12.9. The van der Waals surface area contributed by atoms with E-state index in [9.17, 15) is 0 Å². The van der Waals surface area contributed by atoms with Gasteiger partial charge in [-0.25, -0.2) is 0 Å². The fraction of sp³-hybridized carbons (Fsp3) is 0.789. The van der Waals surface area contributed by atoms with Gasteiger partial charge in [0.1, 0.15) is 0 Å². The third kappa shape index (κ3) is 3.68. The minimum atomic E-state index is 0.497. The van der Waals surface area contributed by atoms with Crippen LogP contribution in [-0.4, -0.2) is 6.04 Å². The van der Waals surface area contributed by atoms with Gasteiger partial charge in [0.25, 0.3) is 0 Å². The Morgan fingerprint density at radius 2 is 1.40 bits per heavy atom. The molecule has 111 valence electrons. The van der Waals surface area contributed by atoms with Crippen LogP contribution in [0.1, 0.15) is 77.0 Å². The third-order valence-corrected chi connectivity index (χ3v) is 5.53. The number of hydrogen-bond acceptors (Lipinski definition) is 1. The maximum atomic E-state index is 3.87. The van der Waals surface area contributed by atoms with Crippen molar-refractivity contribution in [2.45, 2.75) is 83.1 Å². The van der Waals surface area contributed by atoms with E-state index in [1.165, 1.54) is 82.7 Å². The van der Waals surface area contributed by atoms with Crippen molar-refractivity contribution in [2.75, 3.05) is 0 Å². The summed E-state index contributed by atoms with van der Waals surface area (Å²) in [6, 6.07) is 0.497. The summed E-state index contributed by atoms with van der Waals surface area (Å²) < 4.78 is 0. The molecule has 0 aromatic heterocycles. The molecular formula is C19H30N. The van der Waals surface area contributed by atoms with E-state index in [-0.39, 0.29) is 0 Å². The molecule has 2 aliphatic carbocycles. The first-order valence-electron chi connectivity index (χ1n) is 8.99. The molecule has 2 fully saturated rings. The largest absolute Gasteiger partial charge is 0.381 e. The number of allylic oxidation sites excluding steroid dienone is 3. The molecule has 1 atom stereocenters. The smallest absolute Gasteiger partial charge is 0.0542 e. The van der Waals surface area contributed by atoms with Gasteiger partial charge < -0.3 is 5.32 Å². The van der Waals surface area contributed by atoms with Crippen molar-refractivity contribution in [3.05, 3.63) is 23.9 Å². The SMILES string of the molecule is [C]1=CC=C(C2CCCCCC2)NC1C1CCCCCC1. The molecule has 0 bridgehead atoms. The molecule has 1 aliphatic heterocycles. The van der Waals surface area contributed by atoms with E-state index in [4.69, 9.17) is 0 Å². The highest BCUT2D eigenvalue weighted by atomic mass is 14.9. The van der Waals surface area contributed by atoms with E-state index in [1.807, 2.05) is 0 Å². The average molecular weight is 272 g/mol. The highest BCUT2D eigenvalue weighted by Gasteiger charge is 2.25. The molecule has 1 radical (unpaired) electrons. The third-order valence-electron chi connectivity index (χ3n) is 5.53. The van der Waals surface area contributed by atoms with Gasteiger partial charge in [0.15, 0.2) is 0 Å². The fourth-order valence-corrected chi connectivity index (χ4v) is 4.25. The molecule has 0 aromatic carbocycles. The van der Waals surface area contributed by atoms with E-state index in [2.05, 4.69) is 23.5 Å². The predicted molar refractivity (Wildman–Crippen MR) is 85.2 cm³/mol. The van der Waals surface area contributed by atoms with Gasteiger partial charge in [0.2, 0.25) is 0 Å². The van der Waals surface area contributed by atoms with Gasteiger partial charge in [-0.1, -0.05) is 57.4 Å². The molecule has 0 aromatic rings. The monoisotopic (exact) mass is 272 g/mol. The molecule has 0 amide bonds. The number of dihydropyridines is 1. The van der Waals surface area contributed by atoms with Crippen molar-refractivity contribution in [3.63, 3.8) is 0 Å². The Balaban J connectivity index is 1.60. The molecule has 3 aliphatic rings. The van der Waals surface area contributed by atoms with Gasteiger partial charge in [-0.2, -0.15) is 0 Å². The summed E-state index contributed by atoms with van der Waals surface area (Å²) in [6.07, 6.45) is 25.2. The van der Waals surface area contributed by atoms with Crippen LogP contribution in [0, 0.1) is 17.9 Å². The van der Waals surface area contributed by atoms with Crippen LogP contribution in [0.2, 0.25) is 0 Å². The van der Waals surface area contributed by atoms with E-state index in [1.54, 1.807) is 0 Å². The van der Waals surface area contributed by atoms with Gasteiger partial charge in [0, 0.05) is 5.70 Å². The van der Waals surface area contributed by atoms with E-state index >= 15 is 0 Å². The lowest BCUT2D eigenvalue weighted by Crippen LogP contribution is -2.38. The van der Waals surface area contributed by atoms with E-state index < -0.39 is 0 Å². The summed E-state index contributed by atoms with van der Waals surface area (Å²) >= 11 is 0. The minimum absolute atomic E-state index is 0.497. The topological polar surface area (TPSA) is 12.0 Å². The molecule has 1 heteroatoms. The Bertz CT molecular complexity index is 339. The maximum Gasteiger partial charge on any atom is 0.0542 e. The number of nitrogens with one attached hydrogen (secondary N) is 1. The molecule has 1 unspecified atom stereocenters. The van der Waals surface area contributed by atoms with Gasteiger partial charge in [0.05, 0.1) is 6.04 Å². The highest BCUT2D eigenvalue weighted by molar-refractivity contribution is 5.20. The van der Waals surface area contributed by atoms with Crippen molar-refractivity contribution < 1.29 is 0 Å². The Labute approximate surface area is 124 Å². The van der Waals surface area contributed by atoms with Gasteiger partial charge >= 0.3 is 0 Å². The van der Waals surface area contributed by atoms with Gasteiger partial charge in [-0.15, -0.1) is 0 Å². The van der Waals surface area contributed by atoms with Crippen LogP contribution >= 0.6 is 0 Å². The molecule has 3 rings (SSSR count). The standard InChI is InChI=1S/C19H30N/c1-2-6-11-16(10-5-1)18-14-9-15-19(20-18)17-12-7-3-4-8-13-17/h9,14,16-17,19-20H,1-8,10-13H2. The van der Waals surface area contributed by atoms with Gasteiger partial charge in [-0.05, 0) is 49.7 Å². The van der Waals surface area contributed by atoms with E-state index in [0.717, 1.165) is 11.8 Å². The Morgan fingerprint density at radius 1 is 0.800 bits per heavy atom. The summed E-state index contributed by atoms with van der Waals surface area (Å²) in [5.74, 6) is 1.62. The van der Waals surface area contributed by atoms with Crippen LogP contribution in [0.15, 0.2) is 17.8 Å². The summed E-state index contributed by atoms with van der Waals surface area (Å²) in [5, 5.41) is 3.87. The van der Waals surface area contributed by atoms with Crippen LogP contribution in [0.4, 0.5) is 0 Å². The van der Waals surface area contributed by atoms with Crippen molar-refractivity contribution in [2.24, 2.45) is 11.8 Å². The van der Waals surface area contributed by atoms with Crippen LogP contribution in [0.25, 0.3) is 0 Å². The lowest BCUT2D eigenvalue weighted by Gasteiger charge is -2.31. The second-order valence-corrected chi connectivity index (χ2v) is 7.02. The average Bonchev–Trinajstić information content (AvgIpc) is 2.92. The number of hydrogen-bond donors (Lipinski definition) is 1. The van der Waals surface area contributed by atoms with Crippen LogP contribution in [0.3, 0.4) is 0 Å².